The Morgan fingerprint density at radius 1 is 1.31 bits per heavy atom. The van der Waals surface area contributed by atoms with E-state index in [4.69, 9.17) is 10.5 Å². The van der Waals surface area contributed by atoms with Crippen molar-refractivity contribution in [3.05, 3.63) is 12.7 Å². The van der Waals surface area contributed by atoms with Gasteiger partial charge in [-0.05, 0) is 43.9 Å². The maximum atomic E-state index is 11.4. The second-order valence-electron chi connectivity index (χ2n) is 6.13. The number of hydrogen-bond donors (Lipinski definition) is 1. The standard InChI is InChI=1S/C13H19NO2/c1-2-11(15)16-13-6-9-3-10(7-13)5-12(14,4-9)8-13/h2,9-10H,1,3-8,14H2/t9-,10+,12?,13?. The maximum absolute atomic E-state index is 11.4. The Morgan fingerprint density at radius 3 is 2.44 bits per heavy atom. The predicted octanol–water partition coefficient (Wildman–Crippen LogP) is 1.77. The molecule has 3 heteroatoms. The molecule has 0 amide bonds. The Kier molecular flexibility index (Phi) is 2.00. The Morgan fingerprint density at radius 2 is 1.94 bits per heavy atom. The summed E-state index contributed by atoms with van der Waals surface area (Å²) in [5, 5.41) is 0. The molecule has 0 spiro atoms. The van der Waals surface area contributed by atoms with Gasteiger partial charge in [0.2, 0.25) is 0 Å². The van der Waals surface area contributed by atoms with E-state index in [-0.39, 0.29) is 17.1 Å². The highest BCUT2D eigenvalue weighted by atomic mass is 16.6. The first-order valence-corrected chi connectivity index (χ1v) is 6.17. The lowest BCUT2D eigenvalue weighted by Gasteiger charge is -2.59. The summed E-state index contributed by atoms with van der Waals surface area (Å²) in [5.74, 6) is 1.05. The molecular formula is C13H19NO2. The predicted molar refractivity (Wildman–Crippen MR) is 60.6 cm³/mol. The molecule has 0 radical (unpaired) electrons. The van der Waals surface area contributed by atoms with Gasteiger partial charge in [-0.3, -0.25) is 0 Å². The molecule has 4 fully saturated rings. The smallest absolute Gasteiger partial charge is 0.330 e. The highest BCUT2D eigenvalue weighted by Gasteiger charge is 2.58. The van der Waals surface area contributed by atoms with Crippen molar-refractivity contribution >= 4 is 5.97 Å². The summed E-state index contributed by atoms with van der Waals surface area (Å²) in [4.78, 5) is 11.4. The lowest BCUT2D eigenvalue weighted by molar-refractivity contribution is -0.183. The molecule has 4 atom stereocenters. The fraction of sp³-hybridized carbons (Fsp3) is 0.769. The molecule has 0 aliphatic heterocycles. The van der Waals surface area contributed by atoms with Crippen LogP contribution in [0.25, 0.3) is 0 Å². The molecule has 0 heterocycles. The van der Waals surface area contributed by atoms with Gasteiger partial charge in [0.05, 0.1) is 0 Å². The third-order valence-corrected chi connectivity index (χ3v) is 4.54. The molecule has 3 nitrogen and oxygen atoms in total. The van der Waals surface area contributed by atoms with Crippen LogP contribution in [0.1, 0.15) is 38.5 Å². The maximum Gasteiger partial charge on any atom is 0.330 e. The Labute approximate surface area is 96.0 Å². The van der Waals surface area contributed by atoms with Crippen molar-refractivity contribution in [3.8, 4) is 0 Å². The first kappa shape index (κ1) is 10.3. The van der Waals surface area contributed by atoms with Crippen LogP contribution in [0, 0.1) is 11.8 Å². The van der Waals surface area contributed by atoms with Crippen molar-refractivity contribution in [2.24, 2.45) is 17.6 Å². The molecule has 88 valence electrons. The van der Waals surface area contributed by atoms with Gasteiger partial charge in [0.25, 0.3) is 0 Å². The normalized spacial score (nSPS) is 49.1. The summed E-state index contributed by atoms with van der Waals surface area (Å²) in [6.07, 6.45) is 7.68. The SMILES string of the molecule is C=CC(=O)OC12C[C@@H]3C[C@@H](CC(N)(C3)C1)C2. The van der Waals surface area contributed by atoms with Crippen molar-refractivity contribution in [2.75, 3.05) is 0 Å². The summed E-state index contributed by atoms with van der Waals surface area (Å²) in [6.45, 7) is 3.47. The minimum atomic E-state index is -0.287. The van der Waals surface area contributed by atoms with E-state index in [0.29, 0.717) is 11.8 Å². The van der Waals surface area contributed by atoms with Gasteiger partial charge in [0.1, 0.15) is 5.60 Å². The van der Waals surface area contributed by atoms with Crippen LogP contribution in [-0.2, 0) is 9.53 Å². The first-order valence-electron chi connectivity index (χ1n) is 6.17. The lowest BCUT2D eigenvalue weighted by Crippen LogP contribution is -2.63. The van der Waals surface area contributed by atoms with Gasteiger partial charge in [0, 0.05) is 18.0 Å². The zero-order chi connectivity index (χ0) is 11.4. The average molecular weight is 221 g/mol. The third kappa shape index (κ3) is 1.49. The fourth-order valence-electron chi connectivity index (χ4n) is 4.62. The van der Waals surface area contributed by atoms with Crippen LogP contribution >= 0.6 is 0 Å². The van der Waals surface area contributed by atoms with Gasteiger partial charge in [-0.25, -0.2) is 4.79 Å². The van der Waals surface area contributed by atoms with Crippen LogP contribution in [0.5, 0.6) is 0 Å². The molecule has 4 saturated carbocycles. The lowest BCUT2D eigenvalue weighted by atomic mass is 9.51. The van der Waals surface area contributed by atoms with Gasteiger partial charge < -0.3 is 10.5 Å². The number of ether oxygens (including phenoxy) is 1. The number of carbonyl (C=O) groups excluding carboxylic acids is 1. The molecule has 4 bridgehead atoms. The molecule has 4 aliphatic rings. The van der Waals surface area contributed by atoms with Gasteiger partial charge in [0.15, 0.2) is 0 Å². The van der Waals surface area contributed by atoms with E-state index in [9.17, 15) is 4.79 Å². The van der Waals surface area contributed by atoms with Crippen LogP contribution in [0.2, 0.25) is 0 Å². The Hall–Kier alpha value is -0.830. The highest BCUT2D eigenvalue weighted by Crippen LogP contribution is 2.57. The minimum Gasteiger partial charge on any atom is -0.456 e. The van der Waals surface area contributed by atoms with Crippen LogP contribution in [0.15, 0.2) is 12.7 Å². The number of nitrogens with two attached hydrogens (primary N) is 1. The molecular weight excluding hydrogens is 202 g/mol. The largest absolute Gasteiger partial charge is 0.456 e. The van der Waals surface area contributed by atoms with Gasteiger partial charge in [-0.1, -0.05) is 6.58 Å². The van der Waals surface area contributed by atoms with E-state index in [1.807, 2.05) is 0 Å². The number of carbonyl (C=O) groups is 1. The van der Waals surface area contributed by atoms with E-state index in [0.717, 1.165) is 32.1 Å². The monoisotopic (exact) mass is 221 g/mol. The second-order valence-corrected chi connectivity index (χ2v) is 6.13. The van der Waals surface area contributed by atoms with Gasteiger partial charge in [-0.15, -0.1) is 0 Å². The number of hydrogen-bond acceptors (Lipinski definition) is 3. The Balaban J connectivity index is 1.86. The highest BCUT2D eigenvalue weighted by molar-refractivity contribution is 5.81. The molecule has 0 aromatic heterocycles. The van der Waals surface area contributed by atoms with Crippen LogP contribution in [0.3, 0.4) is 0 Å². The third-order valence-electron chi connectivity index (χ3n) is 4.54. The Bertz CT molecular complexity index is 336. The van der Waals surface area contributed by atoms with Crippen molar-refractivity contribution < 1.29 is 9.53 Å². The quantitative estimate of drug-likeness (QED) is 0.571. The van der Waals surface area contributed by atoms with Crippen molar-refractivity contribution in [2.45, 2.75) is 49.7 Å². The van der Waals surface area contributed by atoms with E-state index < -0.39 is 0 Å². The van der Waals surface area contributed by atoms with E-state index in [2.05, 4.69) is 6.58 Å². The molecule has 2 unspecified atom stereocenters. The van der Waals surface area contributed by atoms with Crippen molar-refractivity contribution in [1.29, 1.82) is 0 Å². The summed E-state index contributed by atoms with van der Waals surface area (Å²) in [5.41, 5.74) is 6.08. The van der Waals surface area contributed by atoms with Gasteiger partial charge in [-0.2, -0.15) is 0 Å². The average Bonchev–Trinajstić information content (AvgIpc) is 2.12. The molecule has 2 N–H and O–H groups in total. The molecule has 0 aromatic carbocycles. The van der Waals surface area contributed by atoms with Crippen LogP contribution in [0.4, 0.5) is 0 Å². The van der Waals surface area contributed by atoms with E-state index in [1.54, 1.807) is 0 Å². The number of esters is 1. The van der Waals surface area contributed by atoms with E-state index >= 15 is 0 Å². The minimum absolute atomic E-state index is 0.0640. The van der Waals surface area contributed by atoms with E-state index in [1.165, 1.54) is 12.5 Å². The second kappa shape index (κ2) is 3.10. The fourth-order valence-corrected chi connectivity index (χ4v) is 4.62. The van der Waals surface area contributed by atoms with Crippen LogP contribution < -0.4 is 5.73 Å². The summed E-state index contributed by atoms with van der Waals surface area (Å²) in [6, 6.07) is 0. The zero-order valence-corrected chi connectivity index (χ0v) is 9.58. The summed E-state index contributed by atoms with van der Waals surface area (Å²) >= 11 is 0. The van der Waals surface area contributed by atoms with Crippen LogP contribution in [-0.4, -0.2) is 17.1 Å². The molecule has 0 saturated heterocycles. The molecule has 16 heavy (non-hydrogen) atoms. The van der Waals surface area contributed by atoms with Crippen molar-refractivity contribution in [3.63, 3.8) is 0 Å². The summed E-state index contributed by atoms with van der Waals surface area (Å²) in [7, 11) is 0. The molecule has 4 aliphatic carbocycles. The zero-order valence-electron chi connectivity index (χ0n) is 9.58. The van der Waals surface area contributed by atoms with Gasteiger partial charge >= 0.3 is 5.97 Å². The summed E-state index contributed by atoms with van der Waals surface area (Å²) < 4.78 is 5.63. The first-order chi connectivity index (χ1) is 7.53. The molecule has 4 rings (SSSR count). The van der Waals surface area contributed by atoms with Crippen molar-refractivity contribution in [1.82, 2.24) is 0 Å². The number of rotatable bonds is 2. The molecule has 0 aromatic rings. The topological polar surface area (TPSA) is 52.3 Å².